The summed E-state index contributed by atoms with van der Waals surface area (Å²) in [4.78, 5) is 41.0. The molecule has 0 amide bonds. The van der Waals surface area contributed by atoms with Gasteiger partial charge in [0.15, 0.2) is 0 Å². The zero-order chi connectivity index (χ0) is 18.7. The third-order valence-electron chi connectivity index (χ3n) is 2.84. The molecule has 0 N–H and O–H groups in total. The molecular weight excluding hydrogens is 332 g/mol. The van der Waals surface area contributed by atoms with Crippen LogP contribution in [0, 0.1) is 0 Å². The van der Waals surface area contributed by atoms with Gasteiger partial charge in [-0.05, 0) is 33.3 Å². The Bertz CT molecular complexity index is 567. The smallest absolute Gasteiger partial charge is 0.402 e. The summed E-state index contributed by atoms with van der Waals surface area (Å²) >= 11 is 0. The Kier molecular flexibility index (Phi) is 8.45. The fourth-order valence-corrected chi connectivity index (χ4v) is 1.65. The van der Waals surface area contributed by atoms with E-state index in [1.165, 1.54) is 6.92 Å². The molecule has 25 heavy (non-hydrogen) atoms. The summed E-state index contributed by atoms with van der Waals surface area (Å²) in [7, 11) is 0. The Morgan fingerprint density at radius 3 is 2.48 bits per heavy atom. The molecule has 0 heterocycles. The lowest BCUT2D eigenvalue weighted by Crippen LogP contribution is -2.21. The lowest BCUT2D eigenvalue weighted by Gasteiger charge is -2.22. The number of hydrogen-bond acceptors (Lipinski definition) is 8. The molecule has 0 saturated carbocycles. The number of hydrogen-bond donors (Lipinski definition) is 0. The van der Waals surface area contributed by atoms with Crippen LogP contribution in [-0.2, 0) is 39.4 Å². The van der Waals surface area contributed by atoms with Crippen molar-refractivity contribution in [2.24, 2.45) is 0 Å². The van der Waals surface area contributed by atoms with Crippen LogP contribution in [0.3, 0.4) is 0 Å². The Morgan fingerprint density at radius 2 is 1.84 bits per heavy atom. The van der Waals surface area contributed by atoms with E-state index in [1.54, 1.807) is 20.8 Å². The van der Waals surface area contributed by atoms with Crippen LogP contribution in [-0.4, -0.2) is 25.0 Å². The zero-order valence-electron chi connectivity index (χ0n) is 14.6. The number of ether oxygens (including phenoxy) is 2. The van der Waals surface area contributed by atoms with E-state index < -0.39 is 24.0 Å². The van der Waals surface area contributed by atoms with Gasteiger partial charge in [0.2, 0.25) is 6.29 Å². The minimum absolute atomic E-state index is 0.355. The predicted octanol–water partition coefficient (Wildman–Crippen LogP) is 3.38. The van der Waals surface area contributed by atoms with Crippen LogP contribution in [0.25, 0.3) is 0 Å². The molecular formula is C17H22O8. The topological polar surface area (TPSA) is 89.5 Å². The van der Waals surface area contributed by atoms with E-state index in [4.69, 9.17) is 14.5 Å². The SMILES string of the molecule is CCOC(C)OC(=O)OOC(=O)C=COOC(C)(C)c1ccccc1. The normalized spacial score (nSPS) is 12.5. The van der Waals surface area contributed by atoms with Crippen molar-refractivity contribution in [3.8, 4) is 0 Å². The Morgan fingerprint density at radius 1 is 1.16 bits per heavy atom. The van der Waals surface area contributed by atoms with Crippen molar-refractivity contribution < 1.29 is 38.6 Å². The van der Waals surface area contributed by atoms with Gasteiger partial charge in [0.05, 0.1) is 6.08 Å². The highest BCUT2D eigenvalue weighted by Crippen LogP contribution is 2.24. The Hall–Kier alpha value is -2.58. The fourth-order valence-electron chi connectivity index (χ4n) is 1.65. The largest absolute Gasteiger partial charge is 0.552 e. The highest BCUT2D eigenvalue weighted by atomic mass is 17.2. The minimum Gasteiger partial charge on any atom is -0.402 e. The van der Waals surface area contributed by atoms with Crippen molar-refractivity contribution in [1.29, 1.82) is 0 Å². The molecule has 0 aliphatic carbocycles. The molecule has 138 valence electrons. The summed E-state index contributed by atoms with van der Waals surface area (Å²) in [5.41, 5.74) is 0.158. The zero-order valence-corrected chi connectivity index (χ0v) is 14.6. The van der Waals surface area contributed by atoms with Crippen LogP contribution < -0.4 is 0 Å². The first-order valence-electron chi connectivity index (χ1n) is 7.62. The van der Waals surface area contributed by atoms with Crippen molar-refractivity contribution in [2.45, 2.75) is 39.6 Å². The quantitative estimate of drug-likeness (QED) is 0.175. The van der Waals surface area contributed by atoms with Crippen molar-refractivity contribution in [3.63, 3.8) is 0 Å². The van der Waals surface area contributed by atoms with E-state index in [0.29, 0.717) is 6.61 Å². The van der Waals surface area contributed by atoms with E-state index in [0.717, 1.165) is 17.9 Å². The number of rotatable bonds is 8. The van der Waals surface area contributed by atoms with Crippen LogP contribution in [0.15, 0.2) is 42.7 Å². The second kappa shape index (κ2) is 10.3. The lowest BCUT2D eigenvalue weighted by molar-refractivity contribution is -0.321. The lowest BCUT2D eigenvalue weighted by atomic mass is 9.99. The van der Waals surface area contributed by atoms with Gasteiger partial charge in [0.25, 0.3) is 0 Å². The summed E-state index contributed by atoms with van der Waals surface area (Å²) in [5, 5.41) is 0. The summed E-state index contributed by atoms with van der Waals surface area (Å²) in [6.45, 7) is 7.18. The van der Waals surface area contributed by atoms with E-state index in [2.05, 4.69) is 14.5 Å². The van der Waals surface area contributed by atoms with E-state index >= 15 is 0 Å². The molecule has 0 fully saturated rings. The third kappa shape index (κ3) is 8.18. The molecule has 8 nitrogen and oxygen atoms in total. The monoisotopic (exact) mass is 354 g/mol. The summed E-state index contributed by atoms with van der Waals surface area (Å²) in [6.07, 6.45) is -0.181. The number of carbonyl (C=O) groups excluding carboxylic acids is 2. The molecule has 0 aliphatic heterocycles. The molecule has 0 bridgehead atoms. The maximum Gasteiger partial charge on any atom is 0.552 e. The van der Waals surface area contributed by atoms with Gasteiger partial charge in [-0.15, -0.1) is 0 Å². The van der Waals surface area contributed by atoms with Gasteiger partial charge in [-0.3, -0.25) is 0 Å². The van der Waals surface area contributed by atoms with Gasteiger partial charge < -0.3 is 14.4 Å². The van der Waals surface area contributed by atoms with Gasteiger partial charge in [0.1, 0.15) is 11.9 Å². The first kappa shape index (κ1) is 20.5. The van der Waals surface area contributed by atoms with Crippen molar-refractivity contribution in [2.75, 3.05) is 6.61 Å². The van der Waals surface area contributed by atoms with Crippen molar-refractivity contribution in [3.05, 3.63) is 48.2 Å². The highest BCUT2D eigenvalue weighted by molar-refractivity contribution is 5.81. The van der Waals surface area contributed by atoms with Crippen LogP contribution >= 0.6 is 0 Å². The molecule has 1 rings (SSSR count). The molecule has 8 heteroatoms. The molecule has 1 atom stereocenters. The highest BCUT2D eigenvalue weighted by Gasteiger charge is 2.22. The van der Waals surface area contributed by atoms with Crippen LogP contribution in [0.4, 0.5) is 4.79 Å². The van der Waals surface area contributed by atoms with Crippen LogP contribution in [0.2, 0.25) is 0 Å². The summed E-state index contributed by atoms with van der Waals surface area (Å²) < 4.78 is 9.57. The molecule has 1 aromatic carbocycles. The summed E-state index contributed by atoms with van der Waals surface area (Å²) in [5.74, 6) is -0.984. The molecule has 1 aromatic rings. The number of benzene rings is 1. The van der Waals surface area contributed by atoms with Gasteiger partial charge in [-0.25, -0.2) is 14.6 Å². The van der Waals surface area contributed by atoms with Gasteiger partial charge in [-0.1, -0.05) is 30.3 Å². The maximum atomic E-state index is 11.3. The average Bonchev–Trinajstić information content (AvgIpc) is 2.58. The maximum absolute atomic E-state index is 11.3. The predicted molar refractivity (Wildman–Crippen MR) is 85.5 cm³/mol. The molecule has 0 aliphatic rings. The van der Waals surface area contributed by atoms with E-state index in [9.17, 15) is 9.59 Å². The standard InChI is InChI=1S/C17H22O8/c1-5-20-13(2)22-16(19)24-23-15(18)11-12-21-25-17(3,4)14-9-7-6-8-10-14/h6-13H,5H2,1-4H3. The second-order valence-electron chi connectivity index (χ2n) is 5.24. The fraction of sp³-hybridized carbons (Fsp3) is 0.412. The van der Waals surface area contributed by atoms with Crippen LogP contribution in [0.1, 0.15) is 33.3 Å². The molecule has 0 spiro atoms. The summed E-state index contributed by atoms with van der Waals surface area (Å²) in [6, 6.07) is 9.39. The molecule has 0 radical (unpaired) electrons. The minimum atomic E-state index is -1.20. The first-order valence-corrected chi connectivity index (χ1v) is 7.62. The molecule has 0 aromatic heterocycles. The number of carbonyl (C=O) groups is 2. The van der Waals surface area contributed by atoms with Gasteiger partial charge in [-0.2, -0.15) is 9.68 Å². The Balaban J connectivity index is 2.29. The van der Waals surface area contributed by atoms with Crippen molar-refractivity contribution >= 4 is 12.1 Å². The van der Waals surface area contributed by atoms with E-state index in [1.807, 2.05) is 30.3 Å². The Labute approximate surface area is 146 Å². The average molecular weight is 354 g/mol. The third-order valence-corrected chi connectivity index (χ3v) is 2.84. The molecule has 0 saturated heterocycles. The van der Waals surface area contributed by atoms with Crippen LogP contribution in [0.5, 0.6) is 0 Å². The van der Waals surface area contributed by atoms with Gasteiger partial charge >= 0.3 is 12.1 Å². The van der Waals surface area contributed by atoms with E-state index in [-0.39, 0.29) is 0 Å². The van der Waals surface area contributed by atoms with Crippen molar-refractivity contribution in [1.82, 2.24) is 0 Å². The first-order chi connectivity index (χ1) is 11.8. The molecule has 1 unspecified atom stereocenters. The van der Waals surface area contributed by atoms with Gasteiger partial charge in [0, 0.05) is 6.61 Å². The second-order valence-corrected chi connectivity index (χ2v) is 5.24.